The third kappa shape index (κ3) is 5.21. The number of rotatable bonds is 7. The Morgan fingerprint density at radius 3 is 2.80 bits per heavy atom. The van der Waals surface area contributed by atoms with Crippen LogP contribution in [0.15, 0.2) is 18.2 Å². The number of anilines is 1. The second-order valence-corrected chi connectivity index (χ2v) is 4.24. The predicted molar refractivity (Wildman–Crippen MR) is 72.2 cm³/mol. The number of nitro groups is 1. The lowest BCUT2D eigenvalue weighted by molar-refractivity contribution is -0.387. The van der Waals surface area contributed by atoms with E-state index in [4.69, 9.17) is 4.74 Å². The number of hydrogen-bond donors (Lipinski definition) is 1. The van der Waals surface area contributed by atoms with Crippen molar-refractivity contribution < 1.29 is 18.8 Å². The van der Waals surface area contributed by atoms with Gasteiger partial charge in [0.1, 0.15) is 0 Å². The summed E-state index contributed by atoms with van der Waals surface area (Å²) in [4.78, 5) is 21.1. The topological polar surface area (TPSA) is 81.5 Å². The lowest BCUT2D eigenvalue weighted by Crippen LogP contribution is -2.14. The van der Waals surface area contributed by atoms with Gasteiger partial charge in [-0.15, -0.1) is 0 Å². The highest BCUT2D eigenvalue weighted by molar-refractivity contribution is 5.85. The highest BCUT2D eigenvalue weighted by atomic mass is 19.1. The van der Waals surface area contributed by atoms with Crippen molar-refractivity contribution in [1.82, 2.24) is 0 Å². The standard InChI is InChI=1S/C13H17FN2O4/c1-2-3-4-5-8-20-13(17)15-10-6-7-11(14)12(9-10)16(18)19/h6-7,9H,2-5,8H2,1H3,(H,15,17). The summed E-state index contributed by atoms with van der Waals surface area (Å²) in [7, 11) is 0. The maximum atomic E-state index is 13.1. The van der Waals surface area contributed by atoms with Crippen LogP contribution >= 0.6 is 0 Å². The van der Waals surface area contributed by atoms with Gasteiger partial charge in [-0.2, -0.15) is 4.39 Å². The van der Waals surface area contributed by atoms with Gasteiger partial charge in [-0.3, -0.25) is 15.4 Å². The zero-order valence-electron chi connectivity index (χ0n) is 11.2. The Kier molecular flexibility index (Phi) is 6.42. The Balaban J connectivity index is 2.46. The highest BCUT2D eigenvalue weighted by Gasteiger charge is 2.15. The van der Waals surface area contributed by atoms with Crippen LogP contribution in [0, 0.1) is 15.9 Å². The Hall–Kier alpha value is -2.18. The van der Waals surface area contributed by atoms with E-state index < -0.39 is 22.5 Å². The third-order valence-electron chi connectivity index (χ3n) is 2.62. The normalized spacial score (nSPS) is 10.1. The molecule has 110 valence electrons. The van der Waals surface area contributed by atoms with Gasteiger partial charge in [0.2, 0.25) is 5.82 Å². The lowest BCUT2D eigenvalue weighted by atomic mass is 10.2. The van der Waals surface area contributed by atoms with Crippen molar-refractivity contribution in [3.63, 3.8) is 0 Å². The molecule has 0 aromatic heterocycles. The fourth-order valence-electron chi connectivity index (χ4n) is 1.58. The Labute approximate surface area is 116 Å². The monoisotopic (exact) mass is 284 g/mol. The molecule has 0 bridgehead atoms. The maximum absolute atomic E-state index is 13.1. The van der Waals surface area contributed by atoms with Gasteiger partial charge >= 0.3 is 11.8 Å². The average Bonchev–Trinajstić information content (AvgIpc) is 2.40. The van der Waals surface area contributed by atoms with Crippen LogP contribution in [0.2, 0.25) is 0 Å². The van der Waals surface area contributed by atoms with Crippen molar-refractivity contribution in [2.75, 3.05) is 11.9 Å². The van der Waals surface area contributed by atoms with Gasteiger partial charge in [0.15, 0.2) is 0 Å². The van der Waals surface area contributed by atoms with Gasteiger partial charge < -0.3 is 4.74 Å². The second-order valence-electron chi connectivity index (χ2n) is 4.24. The van der Waals surface area contributed by atoms with Crippen molar-refractivity contribution in [3.8, 4) is 0 Å². The molecule has 0 spiro atoms. The smallest absolute Gasteiger partial charge is 0.411 e. The first-order valence-corrected chi connectivity index (χ1v) is 6.42. The van der Waals surface area contributed by atoms with Crippen LogP contribution in [-0.4, -0.2) is 17.6 Å². The lowest BCUT2D eigenvalue weighted by Gasteiger charge is -2.07. The minimum Gasteiger partial charge on any atom is -0.449 e. The summed E-state index contributed by atoms with van der Waals surface area (Å²) in [5.41, 5.74) is -0.567. The molecule has 1 aromatic carbocycles. The molecule has 1 N–H and O–H groups in total. The molecule has 1 rings (SSSR count). The number of nitrogens with one attached hydrogen (secondary N) is 1. The first kappa shape index (κ1) is 15.9. The molecule has 0 atom stereocenters. The molecule has 0 saturated carbocycles. The maximum Gasteiger partial charge on any atom is 0.411 e. The summed E-state index contributed by atoms with van der Waals surface area (Å²) >= 11 is 0. The van der Waals surface area contributed by atoms with Crippen LogP contribution < -0.4 is 5.32 Å². The van der Waals surface area contributed by atoms with Crippen LogP contribution in [-0.2, 0) is 4.74 Å². The molecule has 0 heterocycles. The molecule has 20 heavy (non-hydrogen) atoms. The third-order valence-corrected chi connectivity index (χ3v) is 2.62. The minimum absolute atomic E-state index is 0.122. The summed E-state index contributed by atoms with van der Waals surface area (Å²) in [5, 5.41) is 12.9. The van der Waals surface area contributed by atoms with E-state index in [0.717, 1.165) is 37.8 Å². The molecular weight excluding hydrogens is 267 g/mol. The number of nitrogens with zero attached hydrogens (tertiary/aromatic N) is 1. The number of unbranched alkanes of at least 4 members (excludes halogenated alkanes) is 3. The Morgan fingerprint density at radius 2 is 2.15 bits per heavy atom. The predicted octanol–water partition coefficient (Wildman–Crippen LogP) is 3.86. The first-order chi connectivity index (χ1) is 9.54. The SMILES string of the molecule is CCCCCCOC(=O)Nc1ccc(F)c([N+](=O)[O-])c1. The number of halogens is 1. The van der Waals surface area contributed by atoms with E-state index in [1.54, 1.807) is 0 Å². The molecule has 6 nitrogen and oxygen atoms in total. The van der Waals surface area contributed by atoms with Crippen LogP contribution in [0.1, 0.15) is 32.6 Å². The van der Waals surface area contributed by atoms with Gasteiger partial charge in [0.05, 0.1) is 17.2 Å². The summed E-state index contributed by atoms with van der Waals surface area (Å²) < 4.78 is 18.0. The van der Waals surface area contributed by atoms with Crippen LogP contribution in [0.3, 0.4) is 0 Å². The van der Waals surface area contributed by atoms with Crippen molar-refractivity contribution in [2.45, 2.75) is 32.6 Å². The van der Waals surface area contributed by atoms with Crippen molar-refractivity contribution in [1.29, 1.82) is 0 Å². The molecule has 0 fully saturated rings. The zero-order valence-corrected chi connectivity index (χ0v) is 11.2. The molecule has 7 heteroatoms. The zero-order chi connectivity index (χ0) is 15.0. The van der Waals surface area contributed by atoms with Crippen molar-refractivity contribution in [2.24, 2.45) is 0 Å². The highest BCUT2D eigenvalue weighted by Crippen LogP contribution is 2.21. The summed E-state index contributed by atoms with van der Waals surface area (Å²) in [6.07, 6.45) is 3.21. The molecular formula is C13H17FN2O4. The van der Waals surface area contributed by atoms with Crippen LogP contribution in [0.25, 0.3) is 0 Å². The fourth-order valence-corrected chi connectivity index (χ4v) is 1.58. The van der Waals surface area contributed by atoms with E-state index in [1.165, 1.54) is 6.07 Å². The molecule has 0 aliphatic rings. The van der Waals surface area contributed by atoms with Gasteiger partial charge in [0, 0.05) is 6.07 Å². The van der Waals surface area contributed by atoms with E-state index >= 15 is 0 Å². The number of ether oxygens (including phenoxy) is 1. The summed E-state index contributed by atoms with van der Waals surface area (Å²) in [5.74, 6) is -0.950. The van der Waals surface area contributed by atoms with E-state index in [0.29, 0.717) is 0 Å². The number of amides is 1. The summed E-state index contributed by atoms with van der Waals surface area (Å²) in [6.45, 7) is 2.37. The average molecular weight is 284 g/mol. The summed E-state index contributed by atoms with van der Waals surface area (Å²) in [6, 6.07) is 3.11. The molecule has 0 aliphatic carbocycles. The molecule has 0 unspecified atom stereocenters. The number of benzene rings is 1. The quantitative estimate of drug-likeness (QED) is 0.468. The number of hydrogen-bond acceptors (Lipinski definition) is 4. The van der Waals surface area contributed by atoms with E-state index in [-0.39, 0.29) is 12.3 Å². The molecule has 0 radical (unpaired) electrons. The molecule has 0 saturated heterocycles. The first-order valence-electron chi connectivity index (χ1n) is 6.42. The van der Waals surface area contributed by atoms with E-state index in [2.05, 4.69) is 12.2 Å². The minimum atomic E-state index is -0.950. The molecule has 1 amide bonds. The van der Waals surface area contributed by atoms with Gasteiger partial charge in [-0.1, -0.05) is 26.2 Å². The number of carbonyl (C=O) groups excluding carboxylic acids is 1. The van der Waals surface area contributed by atoms with Crippen molar-refractivity contribution >= 4 is 17.5 Å². The Morgan fingerprint density at radius 1 is 1.40 bits per heavy atom. The van der Waals surface area contributed by atoms with Gasteiger partial charge in [-0.25, -0.2) is 4.79 Å². The fraction of sp³-hybridized carbons (Fsp3) is 0.462. The van der Waals surface area contributed by atoms with Gasteiger partial charge in [-0.05, 0) is 18.6 Å². The van der Waals surface area contributed by atoms with E-state index in [1.807, 2.05) is 0 Å². The second kappa shape index (κ2) is 8.08. The molecule has 0 aliphatic heterocycles. The number of carbonyl (C=O) groups is 1. The largest absolute Gasteiger partial charge is 0.449 e. The molecule has 1 aromatic rings. The Bertz CT molecular complexity index is 479. The van der Waals surface area contributed by atoms with E-state index in [9.17, 15) is 19.3 Å². The van der Waals surface area contributed by atoms with Crippen LogP contribution in [0.5, 0.6) is 0 Å². The van der Waals surface area contributed by atoms with Crippen molar-refractivity contribution in [3.05, 3.63) is 34.1 Å². The van der Waals surface area contributed by atoms with Gasteiger partial charge in [0.25, 0.3) is 0 Å². The number of nitro benzene ring substituents is 1. The van der Waals surface area contributed by atoms with Crippen LogP contribution in [0.4, 0.5) is 20.6 Å².